The van der Waals surface area contributed by atoms with Crippen LogP contribution in [0.4, 0.5) is 0 Å². The molecule has 0 aliphatic carbocycles. The molecule has 5 heteroatoms. The topological polar surface area (TPSA) is 55.4 Å². The van der Waals surface area contributed by atoms with Crippen molar-refractivity contribution in [2.45, 2.75) is 33.7 Å². The Morgan fingerprint density at radius 2 is 1.50 bits per heavy atom. The summed E-state index contributed by atoms with van der Waals surface area (Å²) in [6.07, 6.45) is 12.6. The Bertz CT molecular complexity index is 1270. The fraction of sp³-hybridized carbons (Fsp3) is 0.242. The summed E-state index contributed by atoms with van der Waals surface area (Å²) >= 11 is 0. The third-order valence-corrected chi connectivity index (χ3v) is 5.97. The highest BCUT2D eigenvalue weighted by Gasteiger charge is 2.20. The molecule has 2 N–H and O–H groups in total. The van der Waals surface area contributed by atoms with Crippen LogP contribution in [-0.2, 0) is 0 Å². The van der Waals surface area contributed by atoms with Gasteiger partial charge in [0, 0.05) is 24.5 Å². The maximum absolute atomic E-state index is 5.44. The number of hydrogen-bond acceptors (Lipinski definition) is 5. The zero-order chi connectivity index (χ0) is 27.3. The molecule has 1 aromatic heterocycles. The van der Waals surface area contributed by atoms with Crippen molar-refractivity contribution in [2.24, 2.45) is 0 Å². The van der Waals surface area contributed by atoms with Crippen LogP contribution in [0.25, 0.3) is 22.4 Å². The highest BCUT2D eigenvalue weighted by molar-refractivity contribution is 5.86. The quantitative estimate of drug-likeness (QED) is 0.366. The van der Waals surface area contributed by atoms with Gasteiger partial charge in [-0.15, -0.1) is 0 Å². The maximum atomic E-state index is 5.44. The molecule has 0 fully saturated rings. The molecule has 2 aliphatic heterocycles. The summed E-state index contributed by atoms with van der Waals surface area (Å²) in [6, 6.07) is 20.5. The average Bonchev–Trinajstić information content (AvgIpc) is 3.03. The average molecular weight is 510 g/mol. The van der Waals surface area contributed by atoms with Gasteiger partial charge in [0.05, 0.1) is 31.7 Å². The number of ether oxygens (including phenoxy) is 2. The molecule has 38 heavy (non-hydrogen) atoms. The van der Waals surface area contributed by atoms with Gasteiger partial charge < -0.3 is 20.1 Å². The first-order valence-corrected chi connectivity index (χ1v) is 13.3. The molecule has 0 radical (unpaired) electrons. The number of aromatic nitrogens is 1. The van der Waals surface area contributed by atoms with Crippen molar-refractivity contribution in [1.82, 2.24) is 15.6 Å². The number of rotatable bonds is 6. The summed E-state index contributed by atoms with van der Waals surface area (Å²) in [5.74, 6) is 1.54. The molecule has 3 heterocycles. The van der Waals surface area contributed by atoms with E-state index in [9.17, 15) is 0 Å². The summed E-state index contributed by atoms with van der Waals surface area (Å²) in [6.45, 7) is 8.83. The zero-order valence-corrected chi connectivity index (χ0v) is 23.3. The number of hydrogen-bond donors (Lipinski definition) is 2. The van der Waals surface area contributed by atoms with Gasteiger partial charge in [0.2, 0.25) is 0 Å². The third-order valence-electron chi connectivity index (χ3n) is 5.97. The number of pyridine rings is 1. The normalized spacial score (nSPS) is 15.5. The molecule has 0 bridgehead atoms. The SMILES string of the molecule is CC.CC.COc1cc(OC)cc(-c2ccc(C3=CC(C4=CC=CCN4)NC(c4ccccn4)=C3)cc2)c1. The summed E-state index contributed by atoms with van der Waals surface area (Å²) in [4.78, 5) is 4.56. The summed E-state index contributed by atoms with van der Waals surface area (Å²) in [5, 5.41) is 7.11. The van der Waals surface area contributed by atoms with E-state index in [0.717, 1.165) is 57.4 Å². The van der Waals surface area contributed by atoms with Crippen LogP contribution in [0.2, 0.25) is 0 Å². The second-order valence-electron chi connectivity index (χ2n) is 8.13. The molecule has 0 saturated carbocycles. The van der Waals surface area contributed by atoms with E-state index >= 15 is 0 Å². The van der Waals surface area contributed by atoms with Gasteiger partial charge in [-0.25, -0.2) is 0 Å². The third kappa shape index (κ3) is 6.94. The second kappa shape index (κ2) is 14.5. The molecule has 0 amide bonds. The minimum atomic E-state index is 0.0317. The summed E-state index contributed by atoms with van der Waals surface area (Å²) in [5.41, 5.74) is 7.51. The van der Waals surface area contributed by atoms with Crippen molar-refractivity contribution < 1.29 is 9.47 Å². The van der Waals surface area contributed by atoms with Crippen LogP contribution in [0.5, 0.6) is 11.5 Å². The van der Waals surface area contributed by atoms with Gasteiger partial charge in [-0.1, -0.05) is 70.2 Å². The Hall–Kier alpha value is -4.25. The largest absolute Gasteiger partial charge is 0.497 e. The molecule has 2 aromatic carbocycles. The van der Waals surface area contributed by atoms with Crippen molar-refractivity contribution in [2.75, 3.05) is 20.8 Å². The molecule has 3 aromatic rings. The predicted octanol–water partition coefficient (Wildman–Crippen LogP) is 7.26. The zero-order valence-electron chi connectivity index (χ0n) is 23.3. The summed E-state index contributed by atoms with van der Waals surface area (Å²) in [7, 11) is 3.33. The fourth-order valence-electron chi connectivity index (χ4n) is 4.17. The molecule has 5 nitrogen and oxygen atoms in total. The molecule has 1 unspecified atom stereocenters. The van der Waals surface area contributed by atoms with E-state index in [2.05, 4.69) is 70.3 Å². The van der Waals surface area contributed by atoms with Crippen molar-refractivity contribution in [3.8, 4) is 22.6 Å². The van der Waals surface area contributed by atoms with Gasteiger partial charge >= 0.3 is 0 Å². The van der Waals surface area contributed by atoms with E-state index in [1.54, 1.807) is 14.2 Å². The predicted molar refractivity (Wildman–Crippen MR) is 160 cm³/mol. The molecule has 0 spiro atoms. The van der Waals surface area contributed by atoms with Crippen LogP contribution in [0, 0.1) is 0 Å². The van der Waals surface area contributed by atoms with E-state index in [-0.39, 0.29) is 6.04 Å². The van der Waals surface area contributed by atoms with Crippen LogP contribution in [-0.4, -0.2) is 31.8 Å². The number of nitrogens with zero attached hydrogens (tertiary/aromatic N) is 1. The van der Waals surface area contributed by atoms with Crippen LogP contribution in [0.1, 0.15) is 39.0 Å². The minimum Gasteiger partial charge on any atom is -0.497 e. The highest BCUT2D eigenvalue weighted by atomic mass is 16.5. The van der Waals surface area contributed by atoms with Gasteiger partial charge in [0.1, 0.15) is 11.5 Å². The smallest absolute Gasteiger partial charge is 0.123 e. The lowest BCUT2D eigenvalue weighted by molar-refractivity contribution is 0.394. The molecule has 2 aliphatic rings. The Morgan fingerprint density at radius 1 is 0.816 bits per heavy atom. The van der Waals surface area contributed by atoms with Gasteiger partial charge in [-0.2, -0.15) is 0 Å². The number of benzene rings is 2. The van der Waals surface area contributed by atoms with Crippen LogP contribution in [0.3, 0.4) is 0 Å². The van der Waals surface area contributed by atoms with E-state index in [0.29, 0.717) is 0 Å². The monoisotopic (exact) mass is 509 g/mol. The Morgan fingerprint density at radius 3 is 2.08 bits per heavy atom. The Kier molecular flexibility index (Phi) is 10.8. The van der Waals surface area contributed by atoms with Crippen molar-refractivity contribution in [3.63, 3.8) is 0 Å². The number of dihydropyridines is 2. The van der Waals surface area contributed by atoms with Crippen LogP contribution >= 0.6 is 0 Å². The van der Waals surface area contributed by atoms with Gasteiger partial charge in [0.25, 0.3) is 0 Å². The second-order valence-corrected chi connectivity index (χ2v) is 8.13. The molecular formula is C33H39N3O2. The fourth-order valence-corrected chi connectivity index (χ4v) is 4.17. The molecular weight excluding hydrogens is 470 g/mol. The number of methoxy groups -OCH3 is 2. The lowest BCUT2D eigenvalue weighted by Gasteiger charge is -2.28. The highest BCUT2D eigenvalue weighted by Crippen LogP contribution is 2.32. The van der Waals surface area contributed by atoms with E-state index < -0.39 is 0 Å². The van der Waals surface area contributed by atoms with Gasteiger partial charge in [0.15, 0.2) is 0 Å². The van der Waals surface area contributed by atoms with Crippen molar-refractivity contribution >= 4 is 11.3 Å². The molecule has 0 saturated heterocycles. The van der Waals surface area contributed by atoms with Crippen molar-refractivity contribution in [3.05, 3.63) is 114 Å². The molecule has 5 rings (SSSR count). The number of nitrogens with one attached hydrogen (secondary N) is 2. The Labute approximate surface area is 227 Å². The number of allylic oxidation sites excluding steroid dienone is 4. The minimum absolute atomic E-state index is 0.0317. The lowest BCUT2D eigenvalue weighted by atomic mass is 9.94. The molecule has 1 atom stereocenters. The van der Waals surface area contributed by atoms with E-state index in [1.165, 1.54) is 0 Å². The van der Waals surface area contributed by atoms with Gasteiger partial charge in [-0.3, -0.25) is 4.98 Å². The first kappa shape index (κ1) is 28.3. The Balaban J connectivity index is 0.000000956. The lowest BCUT2D eigenvalue weighted by Crippen LogP contribution is -2.37. The first-order valence-electron chi connectivity index (χ1n) is 13.3. The van der Waals surface area contributed by atoms with Crippen LogP contribution in [0.15, 0.2) is 103 Å². The summed E-state index contributed by atoms with van der Waals surface area (Å²) < 4.78 is 10.9. The van der Waals surface area contributed by atoms with Crippen molar-refractivity contribution in [1.29, 1.82) is 0 Å². The first-order chi connectivity index (χ1) is 18.7. The van der Waals surface area contributed by atoms with E-state index in [1.807, 2.05) is 70.3 Å². The van der Waals surface area contributed by atoms with E-state index in [4.69, 9.17) is 9.47 Å². The molecule has 198 valence electrons. The van der Waals surface area contributed by atoms with Gasteiger partial charge in [-0.05, 0) is 64.8 Å². The standard InChI is InChI=1S/C29H27N3O2.2C2H6/c1-33-24-15-22(16-25(19-24)34-2)20-9-11-21(12-10-20)23-17-28(26-7-3-5-13-30-26)32-29(18-23)27-8-4-6-14-31-27;2*1-2/h3-13,15-19,29,31-32H,14H2,1-2H3;2*1-2H3. The van der Waals surface area contributed by atoms with Crippen LogP contribution < -0.4 is 20.1 Å². The maximum Gasteiger partial charge on any atom is 0.123 e.